The summed E-state index contributed by atoms with van der Waals surface area (Å²) in [6.07, 6.45) is 0. The topological polar surface area (TPSA) is 52.6 Å². The molecule has 2 N–H and O–H groups in total. The second kappa shape index (κ2) is 5.08. The lowest BCUT2D eigenvalue weighted by molar-refractivity contribution is -0.130. The second-order valence-corrected chi connectivity index (χ2v) is 5.59. The first-order chi connectivity index (χ1) is 7.82. The molecular formula is C13H24N2O2. The molecule has 0 aromatic carbocycles. The van der Waals surface area contributed by atoms with Crippen LogP contribution in [0.4, 0.5) is 0 Å². The molecule has 1 aliphatic heterocycles. The van der Waals surface area contributed by atoms with Gasteiger partial charge in [-0.25, -0.2) is 0 Å². The Kier molecular flexibility index (Phi) is 4.20. The fourth-order valence-corrected chi connectivity index (χ4v) is 2.66. The van der Waals surface area contributed by atoms with Crippen molar-refractivity contribution in [3.63, 3.8) is 0 Å². The number of nitrogens with one attached hydrogen (secondary N) is 1. The Bertz CT molecular complexity index is 332. The summed E-state index contributed by atoms with van der Waals surface area (Å²) in [5.41, 5.74) is 3.49. The monoisotopic (exact) mass is 240 g/mol. The van der Waals surface area contributed by atoms with E-state index in [9.17, 15) is 10.0 Å². The smallest absolute Gasteiger partial charge is 0.273 e. The Morgan fingerprint density at radius 1 is 1.18 bits per heavy atom. The van der Waals surface area contributed by atoms with E-state index in [4.69, 9.17) is 0 Å². The van der Waals surface area contributed by atoms with Gasteiger partial charge in [0.05, 0.1) is 6.04 Å². The van der Waals surface area contributed by atoms with Crippen LogP contribution < -0.4 is 5.48 Å². The van der Waals surface area contributed by atoms with E-state index in [0.29, 0.717) is 11.6 Å². The van der Waals surface area contributed by atoms with Crippen molar-refractivity contribution >= 4 is 5.91 Å². The van der Waals surface area contributed by atoms with Gasteiger partial charge in [-0.1, -0.05) is 27.7 Å². The Morgan fingerprint density at radius 2 is 1.71 bits per heavy atom. The van der Waals surface area contributed by atoms with Crippen LogP contribution in [-0.4, -0.2) is 28.1 Å². The highest BCUT2D eigenvalue weighted by atomic mass is 16.5. The minimum absolute atomic E-state index is 0.0807. The summed E-state index contributed by atoms with van der Waals surface area (Å²) in [4.78, 5) is 14.1. The molecule has 1 aliphatic rings. The highest BCUT2D eigenvalue weighted by Crippen LogP contribution is 2.35. The lowest BCUT2D eigenvalue weighted by atomic mass is 9.88. The van der Waals surface area contributed by atoms with Crippen molar-refractivity contribution < 1.29 is 10.0 Å². The van der Waals surface area contributed by atoms with Gasteiger partial charge in [0, 0.05) is 6.04 Å². The predicted molar refractivity (Wildman–Crippen MR) is 67.4 cm³/mol. The standard InChI is InChI=1S/C13H24N2O2/c1-7(2)10-11(14-17)13(16)15(9(5)6)12(10)8(3)4/h7-9,12,14,17H,1-6H3. The second-order valence-electron chi connectivity index (χ2n) is 5.59. The molecule has 4 heteroatoms. The Balaban J connectivity index is 3.26. The molecule has 1 unspecified atom stereocenters. The Morgan fingerprint density at radius 3 is 2.00 bits per heavy atom. The zero-order chi connectivity index (χ0) is 13.3. The molecule has 0 saturated carbocycles. The molecule has 0 aromatic heterocycles. The van der Waals surface area contributed by atoms with E-state index in [2.05, 4.69) is 33.2 Å². The third kappa shape index (κ3) is 2.32. The lowest BCUT2D eigenvalue weighted by Crippen LogP contribution is -2.44. The van der Waals surface area contributed by atoms with Crippen LogP contribution in [0.3, 0.4) is 0 Å². The van der Waals surface area contributed by atoms with Gasteiger partial charge in [-0.3, -0.25) is 15.5 Å². The number of hydrogen-bond donors (Lipinski definition) is 2. The number of rotatable bonds is 4. The van der Waals surface area contributed by atoms with Crippen LogP contribution in [0.15, 0.2) is 11.3 Å². The molecular weight excluding hydrogens is 216 g/mol. The molecule has 1 rings (SSSR count). The van der Waals surface area contributed by atoms with Gasteiger partial charge in [-0.2, -0.15) is 0 Å². The van der Waals surface area contributed by atoms with Crippen molar-refractivity contribution in [2.45, 2.75) is 53.6 Å². The number of amides is 1. The number of carbonyl (C=O) groups excluding carboxylic acids is 1. The summed E-state index contributed by atoms with van der Waals surface area (Å²) in [6.45, 7) is 12.3. The average Bonchev–Trinajstić information content (AvgIpc) is 2.50. The molecule has 4 nitrogen and oxygen atoms in total. The molecule has 0 spiro atoms. The van der Waals surface area contributed by atoms with Gasteiger partial charge < -0.3 is 4.90 Å². The summed E-state index contributed by atoms with van der Waals surface area (Å²) >= 11 is 0. The highest BCUT2D eigenvalue weighted by molar-refractivity contribution is 5.97. The molecule has 0 bridgehead atoms. The Labute approximate surface area is 104 Å². The van der Waals surface area contributed by atoms with E-state index in [1.165, 1.54) is 0 Å². The summed E-state index contributed by atoms with van der Waals surface area (Å²) < 4.78 is 0. The van der Waals surface area contributed by atoms with E-state index in [1.54, 1.807) is 0 Å². The first-order valence-corrected chi connectivity index (χ1v) is 6.29. The number of carbonyl (C=O) groups is 1. The predicted octanol–water partition coefficient (Wildman–Crippen LogP) is 2.15. The average molecular weight is 240 g/mol. The lowest BCUT2D eigenvalue weighted by Gasteiger charge is -2.34. The fourth-order valence-electron chi connectivity index (χ4n) is 2.66. The van der Waals surface area contributed by atoms with Crippen LogP contribution >= 0.6 is 0 Å². The maximum Gasteiger partial charge on any atom is 0.273 e. The number of hydrogen-bond acceptors (Lipinski definition) is 3. The summed E-state index contributed by atoms with van der Waals surface area (Å²) in [6, 6.07) is 0.214. The largest absolute Gasteiger partial charge is 0.328 e. The molecule has 0 saturated heterocycles. The van der Waals surface area contributed by atoms with Gasteiger partial charge >= 0.3 is 0 Å². The van der Waals surface area contributed by atoms with E-state index in [-0.39, 0.29) is 23.9 Å². The van der Waals surface area contributed by atoms with Crippen molar-refractivity contribution in [3.8, 4) is 0 Å². The van der Waals surface area contributed by atoms with Crippen LogP contribution in [0.5, 0.6) is 0 Å². The molecule has 1 heterocycles. The fraction of sp³-hybridized carbons (Fsp3) is 0.769. The molecule has 98 valence electrons. The van der Waals surface area contributed by atoms with Crippen molar-refractivity contribution in [1.29, 1.82) is 0 Å². The van der Waals surface area contributed by atoms with Crippen LogP contribution in [0.1, 0.15) is 41.5 Å². The van der Waals surface area contributed by atoms with E-state index in [0.717, 1.165) is 5.57 Å². The Hall–Kier alpha value is -1.03. The van der Waals surface area contributed by atoms with Crippen molar-refractivity contribution in [1.82, 2.24) is 10.4 Å². The van der Waals surface area contributed by atoms with E-state index >= 15 is 0 Å². The van der Waals surface area contributed by atoms with E-state index < -0.39 is 0 Å². The zero-order valence-electron chi connectivity index (χ0n) is 11.6. The third-order valence-electron chi connectivity index (χ3n) is 3.28. The molecule has 1 atom stereocenters. The van der Waals surface area contributed by atoms with Crippen LogP contribution in [0.25, 0.3) is 0 Å². The molecule has 0 aliphatic carbocycles. The molecule has 0 aromatic rings. The van der Waals surface area contributed by atoms with Crippen LogP contribution in [-0.2, 0) is 4.79 Å². The first kappa shape index (κ1) is 14.0. The minimum Gasteiger partial charge on any atom is -0.328 e. The maximum atomic E-state index is 12.3. The summed E-state index contributed by atoms with van der Waals surface area (Å²) in [7, 11) is 0. The molecule has 1 amide bonds. The quantitative estimate of drug-likeness (QED) is 0.740. The minimum atomic E-state index is -0.0927. The summed E-state index contributed by atoms with van der Waals surface area (Å²) in [5, 5.41) is 9.20. The van der Waals surface area contributed by atoms with Crippen LogP contribution in [0.2, 0.25) is 0 Å². The zero-order valence-corrected chi connectivity index (χ0v) is 11.6. The highest BCUT2D eigenvalue weighted by Gasteiger charge is 2.42. The van der Waals surface area contributed by atoms with Crippen molar-refractivity contribution in [2.24, 2.45) is 11.8 Å². The van der Waals surface area contributed by atoms with Gasteiger partial charge in [0.15, 0.2) is 0 Å². The maximum absolute atomic E-state index is 12.3. The molecule has 0 fully saturated rings. The van der Waals surface area contributed by atoms with Crippen molar-refractivity contribution in [3.05, 3.63) is 11.3 Å². The normalized spacial score (nSPS) is 21.4. The third-order valence-corrected chi connectivity index (χ3v) is 3.28. The molecule has 17 heavy (non-hydrogen) atoms. The molecule has 0 radical (unpaired) electrons. The van der Waals surface area contributed by atoms with E-state index in [1.807, 2.05) is 18.7 Å². The SMILES string of the molecule is CC(C)C1=C(NO)C(=O)N(C(C)C)C1C(C)C. The van der Waals surface area contributed by atoms with Crippen molar-refractivity contribution in [2.75, 3.05) is 0 Å². The van der Waals surface area contributed by atoms with Gasteiger partial charge in [0.25, 0.3) is 5.91 Å². The van der Waals surface area contributed by atoms with Gasteiger partial charge in [-0.05, 0) is 31.3 Å². The summed E-state index contributed by atoms with van der Waals surface area (Å²) in [5.74, 6) is 0.485. The van der Waals surface area contributed by atoms with Crippen LogP contribution in [0, 0.1) is 11.8 Å². The number of hydroxylamine groups is 1. The van der Waals surface area contributed by atoms with Gasteiger partial charge in [0.2, 0.25) is 0 Å². The van der Waals surface area contributed by atoms with Gasteiger partial charge in [0.1, 0.15) is 5.70 Å². The first-order valence-electron chi connectivity index (χ1n) is 6.29. The van der Waals surface area contributed by atoms with Gasteiger partial charge in [-0.15, -0.1) is 0 Å². The number of nitrogens with zero attached hydrogens (tertiary/aromatic N) is 1.